The van der Waals surface area contributed by atoms with Crippen LogP contribution in [0.15, 0.2) is 18.3 Å². The van der Waals surface area contributed by atoms with Gasteiger partial charge in [-0.15, -0.1) is 0 Å². The van der Waals surface area contributed by atoms with Crippen LogP contribution in [-0.2, 0) is 0 Å². The van der Waals surface area contributed by atoms with Crippen LogP contribution in [0.2, 0.25) is 0 Å². The number of anilines is 1. The summed E-state index contributed by atoms with van der Waals surface area (Å²) in [6.07, 6.45) is 6.85. The fourth-order valence-electron chi connectivity index (χ4n) is 2.90. The first-order chi connectivity index (χ1) is 9.24. The normalized spacial score (nSPS) is 23.1. The van der Waals surface area contributed by atoms with Gasteiger partial charge in [-0.2, -0.15) is 0 Å². The SMILES string of the molecule is CCNC1CCC(N(C)c2ccnc(OC)c2)CC1. The van der Waals surface area contributed by atoms with E-state index in [9.17, 15) is 0 Å². The summed E-state index contributed by atoms with van der Waals surface area (Å²) in [7, 11) is 3.83. The van der Waals surface area contributed by atoms with Crippen LogP contribution in [0.4, 0.5) is 5.69 Å². The van der Waals surface area contributed by atoms with Crippen LogP contribution in [0.25, 0.3) is 0 Å². The molecule has 4 heteroatoms. The predicted octanol–water partition coefficient (Wildman–Crippen LogP) is 2.45. The van der Waals surface area contributed by atoms with E-state index in [0.29, 0.717) is 18.0 Å². The fraction of sp³-hybridized carbons (Fsp3) is 0.667. The van der Waals surface area contributed by atoms with Gasteiger partial charge in [0.2, 0.25) is 5.88 Å². The van der Waals surface area contributed by atoms with Crippen LogP contribution in [0, 0.1) is 0 Å². The monoisotopic (exact) mass is 263 g/mol. The number of nitrogens with one attached hydrogen (secondary N) is 1. The van der Waals surface area contributed by atoms with Gasteiger partial charge in [0, 0.05) is 37.1 Å². The summed E-state index contributed by atoms with van der Waals surface area (Å²) in [5.41, 5.74) is 1.19. The first-order valence-electron chi connectivity index (χ1n) is 7.20. The molecule has 1 aliphatic rings. The second-order valence-corrected chi connectivity index (χ2v) is 5.23. The molecule has 0 spiro atoms. The maximum atomic E-state index is 5.19. The van der Waals surface area contributed by atoms with Crippen molar-refractivity contribution in [1.82, 2.24) is 10.3 Å². The highest BCUT2D eigenvalue weighted by molar-refractivity contribution is 5.48. The molecule has 0 atom stereocenters. The Labute approximate surface area is 116 Å². The summed E-state index contributed by atoms with van der Waals surface area (Å²) in [4.78, 5) is 6.53. The van der Waals surface area contributed by atoms with E-state index in [1.807, 2.05) is 12.3 Å². The molecular formula is C15H25N3O. The highest BCUT2D eigenvalue weighted by Crippen LogP contribution is 2.27. The van der Waals surface area contributed by atoms with Crippen LogP contribution in [0.1, 0.15) is 32.6 Å². The second-order valence-electron chi connectivity index (χ2n) is 5.23. The number of rotatable bonds is 5. The summed E-state index contributed by atoms with van der Waals surface area (Å²) in [6.45, 7) is 3.26. The minimum atomic E-state index is 0.627. The van der Waals surface area contributed by atoms with E-state index < -0.39 is 0 Å². The van der Waals surface area contributed by atoms with Crippen molar-refractivity contribution in [3.63, 3.8) is 0 Å². The third kappa shape index (κ3) is 3.60. The Balaban J connectivity index is 1.94. The van der Waals surface area contributed by atoms with Crippen molar-refractivity contribution >= 4 is 5.69 Å². The molecule has 1 aliphatic carbocycles. The van der Waals surface area contributed by atoms with E-state index in [2.05, 4.69) is 35.2 Å². The van der Waals surface area contributed by atoms with Gasteiger partial charge in [0.05, 0.1) is 7.11 Å². The van der Waals surface area contributed by atoms with Crippen molar-refractivity contribution < 1.29 is 4.74 Å². The fourth-order valence-corrected chi connectivity index (χ4v) is 2.90. The Morgan fingerprint density at radius 2 is 2.11 bits per heavy atom. The first kappa shape index (κ1) is 14.1. The molecule has 1 fully saturated rings. The minimum Gasteiger partial charge on any atom is -0.481 e. The Kier molecular flexibility index (Phi) is 5.02. The van der Waals surface area contributed by atoms with E-state index >= 15 is 0 Å². The van der Waals surface area contributed by atoms with E-state index in [4.69, 9.17) is 4.74 Å². The predicted molar refractivity (Wildman–Crippen MR) is 78.9 cm³/mol. The highest BCUT2D eigenvalue weighted by atomic mass is 16.5. The Morgan fingerprint density at radius 3 is 2.74 bits per heavy atom. The number of hydrogen-bond donors (Lipinski definition) is 1. The van der Waals surface area contributed by atoms with E-state index in [0.717, 1.165) is 6.54 Å². The standard InChI is InChI=1S/C15H25N3O/c1-4-16-12-5-7-13(8-6-12)18(2)14-9-10-17-15(11-14)19-3/h9-13,16H,4-8H2,1-3H3. The van der Waals surface area contributed by atoms with Gasteiger partial charge < -0.3 is 15.0 Å². The quantitative estimate of drug-likeness (QED) is 0.885. The van der Waals surface area contributed by atoms with Gasteiger partial charge in [0.1, 0.15) is 0 Å². The lowest BCUT2D eigenvalue weighted by atomic mass is 9.90. The van der Waals surface area contributed by atoms with Gasteiger partial charge in [-0.25, -0.2) is 4.98 Å². The molecule has 0 aromatic carbocycles. The highest BCUT2D eigenvalue weighted by Gasteiger charge is 2.23. The maximum Gasteiger partial charge on any atom is 0.214 e. The van der Waals surface area contributed by atoms with Crippen molar-refractivity contribution in [3.8, 4) is 5.88 Å². The molecule has 0 amide bonds. The first-order valence-corrected chi connectivity index (χ1v) is 7.20. The molecular weight excluding hydrogens is 238 g/mol. The topological polar surface area (TPSA) is 37.4 Å². The number of ether oxygens (including phenoxy) is 1. The third-order valence-electron chi connectivity index (χ3n) is 4.07. The zero-order valence-electron chi connectivity index (χ0n) is 12.2. The van der Waals surface area contributed by atoms with Crippen molar-refractivity contribution in [2.45, 2.75) is 44.7 Å². The molecule has 0 bridgehead atoms. The van der Waals surface area contributed by atoms with Crippen molar-refractivity contribution in [1.29, 1.82) is 0 Å². The summed E-state index contributed by atoms with van der Waals surface area (Å²) >= 11 is 0. The van der Waals surface area contributed by atoms with Crippen molar-refractivity contribution in [2.24, 2.45) is 0 Å². The molecule has 0 aliphatic heterocycles. The van der Waals surface area contributed by atoms with Crippen molar-refractivity contribution in [2.75, 3.05) is 25.6 Å². The number of pyridine rings is 1. The number of nitrogens with zero attached hydrogens (tertiary/aromatic N) is 2. The molecule has 1 N–H and O–H groups in total. The molecule has 4 nitrogen and oxygen atoms in total. The number of hydrogen-bond acceptors (Lipinski definition) is 4. The van der Waals surface area contributed by atoms with E-state index in [1.54, 1.807) is 7.11 Å². The van der Waals surface area contributed by atoms with Crippen LogP contribution < -0.4 is 15.0 Å². The summed E-state index contributed by atoms with van der Waals surface area (Å²) in [5, 5.41) is 3.55. The Bertz CT molecular complexity index is 389. The van der Waals surface area contributed by atoms with E-state index in [-0.39, 0.29) is 0 Å². The van der Waals surface area contributed by atoms with Gasteiger partial charge in [0.15, 0.2) is 0 Å². The van der Waals surface area contributed by atoms with Gasteiger partial charge in [-0.1, -0.05) is 6.92 Å². The lowest BCUT2D eigenvalue weighted by Crippen LogP contribution is -2.40. The zero-order chi connectivity index (χ0) is 13.7. The molecule has 1 aromatic heterocycles. The molecule has 1 aromatic rings. The van der Waals surface area contributed by atoms with Crippen LogP contribution in [0.3, 0.4) is 0 Å². The van der Waals surface area contributed by atoms with E-state index in [1.165, 1.54) is 31.4 Å². The van der Waals surface area contributed by atoms with Gasteiger partial charge in [0.25, 0.3) is 0 Å². The van der Waals surface area contributed by atoms with Crippen LogP contribution >= 0.6 is 0 Å². The van der Waals surface area contributed by atoms with Gasteiger partial charge in [-0.3, -0.25) is 0 Å². The van der Waals surface area contributed by atoms with Crippen LogP contribution in [0.5, 0.6) is 5.88 Å². The Morgan fingerprint density at radius 1 is 1.37 bits per heavy atom. The molecule has 106 valence electrons. The maximum absolute atomic E-state index is 5.19. The molecule has 2 rings (SSSR count). The molecule has 1 heterocycles. The molecule has 0 saturated heterocycles. The molecule has 1 saturated carbocycles. The number of methoxy groups -OCH3 is 1. The number of aromatic nitrogens is 1. The average Bonchev–Trinajstić information content (AvgIpc) is 2.48. The lowest BCUT2D eigenvalue weighted by molar-refractivity contribution is 0.341. The average molecular weight is 263 g/mol. The second kappa shape index (κ2) is 6.75. The smallest absolute Gasteiger partial charge is 0.214 e. The summed E-state index contributed by atoms with van der Waals surface area (Å²) < 4.78 is 5.19. The lowest BCUT2D eigenvalue weighted by Gasteiger charge is -2.36. The van der Waals surface area contributed by atoms with Gasteiger partial charge in [-0.05, 0) is 38.3 Å². The minimum absolute atomic E-state index is 0.627. The zero-order valence-corrected chi connectivity index (χ0v) is 12.2. The van der Waals surface area contributed by atoms with Gasteiger partial charge >= 0.3 is 0 Å². The summed E-state index contributed by atoms with van der Waals surface area (Å²) in [6, 6.07) is 5.40. The summed E-state index contributed by atoms with van der Waals surface area (Å²) in [5.74, 6) is 0.686. The van der Waals surface area contributed by atoms with Crippen LogP contribution in [-0.4, -0.2) is 37.8 Å². The Hall–Kier alpha value is -1.29. The molecule has 19 heavy (non-hydrogen) atoms. The molecule has 0 radical (unpaired) electrons. The van der Waals surface area contributed by atoms with Crippen molar-refractivity contribution in [3.05, 3.63) is 18.3 Å². The molecule has 0 unspecified atom stereocenters. The third-order valence-corrected chi connectivity index (χ3v) is 4.07. The largest absolute Gasteiger partial charge is 0.481 e.